The van der Waals surface area contributed by atoms with Crippen LogP contribution >= 0.6 is 0 Å². The van der Waals surface area contributed by atoms with Gasteiger partial charge in [0.15, 0.2) is 0 Å². The molecule has 3 rings (SSSR count). The summed E-state index contributed by atoms with van der Waals surface area (Å²) in [6.07, 6.45) is 6.67. The Morgan fingerprint density at radius 2 is 1.92 bits per heavy atom. The first-order valence-electron chi connectivity index (χ1n) is 8.80. The van der Waals surface area contributed by atoms with Crippen LogP contribution < -0.4 is 5.43 Å². The van der Waals surface area contributed by atoms with Crippen LogP contribution in [0, 0.1) is 5.92 Å². The summed E-state index contributed by atoms with van der Waals surface area (Å²) in [6, 6.07) is 15.9. The van der Waals surface area contributed by atoms with Gasteiger partial charge in [0.05, 0.1) is 0 Å². The molecule has 1 N–H and O–H groups in total. The van der Waals surface area contributed by atoms with E-state index >= 15 is 0 Å². The van der Waals surface area contributed by atoms with Crippen molar-refractivity contribution in [3.05, 3.63) is 66.0 Å². The predicted molar refractivity (Wildman–Crippen MR) is 99.3 cm³/mol. The van der Waals surface area contributed by atoms with Crippen LogP contribution in [0.1, 0.15) is 35.3 Å². The summed E-state index contributed by atoms with van der Waals surface area (Å²) in [5, 5.41) is 4.05. The monoisotopic (exact) mass is 336 g/mol. The number of hydrogen-bond acceptors (Lipinski definition) is 4. The van der Waals surface area contributed by atoms with Crippen molar-refractivity contribution in [1.29, 1.82) is 0 Å². The van der Waals surface area contributed by atoms with Gasteiger partial charge in [0.2, 0.25) is 0 Å². The fourth-order valence-electron chi connectivity index (χ4n) is 3.08. The van der Waals surface area contributed by atoms with Crippen LogP contribution in [0.15, 0.2) is 59.8 Å². The molecule has 5 nitrogen and oxygen atoms in total. The number of nitrogens with one attached hydrogen (secondary N) is 1. The zero-order chi connectivity index (χ0) is 17.3. The zero-order valence-corrected chi connectivity index (χ0v) is 14.3. The third-order valence-corrected chi connectivity index (χ3v) is 4.55. The van der Waals surface area contributed by atoms with Crippen molar-refractivity contribution in [2.75, 3.05) is 13.1 Å². The minimum atomic E-state index is -0.269. The third-order valence-electron chi connectivity index (χ3n) is 4.55. The Balaban J connectivity index is 1.36. The van der Waals surface area contributed by atoms with Gasteiger partial charge < -0.3 is 0 Å². The molecule has 130 valence electrons. The van der Waals surface area contributed by atoms with Gasteiger partial charge in [0.25, 0.3) is 5.91 Å². The molecule has 1 aromatic heterocycles. The van der Waals surface area contributed by atoms with E-state index in [1.54, 1.807) is 24.4 Å². The second-order valence-corrected chi connectivity index (χ2v) is 6.41. The van der Waals surface area contributed by atoms with Crippen molar-refractivity contribution < 1.29 is 4.79 Å². The third kappa shape index (κ3) is 5.50. The highest BCUT2D eigenvalue weighted by molar-refractivity contribution is 5.92. The van der Waals surface area contributed by atoms with E-state index in [9.17, 15) is 4.79 Å². The number of pyridine rings is 1. The number of likely N-dealkylation sites (tertiary alicyclic amines) is 1. The Bertz CT molecular complexity index is 679. The number of nitrogens with zero attached hydrogens (tertiary/aromatic N) is 3. The number of carbonyl (C=O) groups excluding carboxylic acids is 1. The molecule has 1 amide bonds. The predicted octanol–water partition coefficient (Wildman–Crippen LogP) is 3.10. The molecular weight excluding hydrogens is 312 g/mol. The Labute approximate surface area is 148 Å². The number of hydrazone groups is 1. The highest BCUT2D eigenvalue weighted by atomic mass is 16.2. The SMILES string of the molecule is O=C(NN=CCC1CCN(Cc2ccccc2)CC1)c1ccccn1. The lowest BCUT2D eigenvalue weighted by atomic mass is 9.94. The second kappa shape index (κ2) is 9.08. The smallest absolute Gasteiger partial charge is 0.289 e. The minimum Gasteiger partial charge on any atom is -0.299 e. The van der Waals surface area contributed by atoms with E-state index in [2.05, 4.69) is 50.7 Å². The van der Waals surface area contributed by atoms with Gasteiger partial charge in [-0.1, -0.05) is 36.4 Å². The zero-order valence-electron chi connectivity index (χ0n) is 14.3. The molecule has 1 aliphatic heterocycles. The maximum atomic E-state index is 11.8. The van der Waals surface area contributed by atoms with Crippen molar-refractivity contribution in [3.63, 3.8) is 0 Å². The van der Waals surface area contributed by atoms with Gasteiger partial charge in [0.1, 0.15) is 5.69 Å². The molecule has 0 bridgehead atoms. The largest absolute Gasteiger partial charge is 0.299 e. The molecule has 1 saturated heterocycles. The lowest BCUT2D eigenvalue weighted by Crippen LogP contribution is -2.33. The van der Waals surface area contributed by atoms with Gasteiger partial charge in [-0.3, -0.25) is 14.7 Å². The molecule has 1 aromatic carbocycles. The Morgan fingerprint density at radius 1 is 1.16 bits per heavy atom. The Morgan fingerprint density at radius 3 is 2.64 bits per heavy atom. The summed E-state index contributed by atoms with van der Waals surface area (Å²) in [5.74, 6) is 0.372. The Kier molecular flexibility index (Phi) is 6.29. The number of rotatable bonds is 6. The maximum Gasteiger partial charge on any atom is 0.289 e. The average molecular weight is 336 g/mol. The van der Waals surface area contributed by atoms with Crippen molar-refractivity contribution in [1.82, 2.24) is 15.3 Å². The lowest BCUT2D eigenvalue weighted by Gasteiger charge is -2.31. The summed E-state index contributed by atoms with van der Waals surface area (Å²) in [6.45, 7) is 3.27. The summed E-state index contributed by atoms with van der Waals surface area (Å²) < 4.78 is 0. The molecule has 1 fully saturated rings. The van der Waals surface area contributed by atoms with Crippen molar-refractivity contribution in [2.24, 2.45) is 11.0 Å². The molecule has 0 unspecified atom stereocenters. The topological polar surface area (TPSA) is 57.6 Å². The van der Waals surface area contributed by atoms with Crippen LogP contribution in [0.2, 0.25) is 0 Å². The van der Waals surface area contributed by atoms with Crippen LogP contribution in [0.3, 0.4) is 0 Å². The van der Waals surface area contributed by atoms with Crippen LogP contribution in [0.25, 0.3) is 0 Å². The molecule has 0 aliphatic carbocycles. The van der Waals surface area contributed by atoms with Gasteiger partial charge in [-0.05, 0) is 56.0 Å². The first-order valence-corrected chi connectivity index (χ1v) is 8.80. The van der Waals surface area contributed by atoms with Gasteiger partial charge in [-0.15, -0.1) is 0 Å². The van der Waals surface area contributed by atoms with Crippen molar-refractivity contribution in [3.8, 4) is 0 Å². The van der Waals surface area contributed by atoms with Gasteiger partial charge >= 0.3 is 0 Å². The molecule has 0 saturated carbocycles. The molecule has 25 heavy (non-hydrogen) atoms. The van der Waals surface area contributed by atoms with E-state index in [-0.39, 0.29) is 5.91 Å². The maximum absolute atomic E-state index is 11.8. The van der Waals surface area contributed by atoms with E-state index in [0.717, 1.165) is 26.1 Å². The van der Waals surface area contributed by atoms with Crippen LogP contribution in [0.5, 0.6) is 0 Å². The standard InChI is InChI=1S/C20H24N4O/c25-20(19-8-4-5-12-21-19)23-22-13-9-17-10-14-24(15-11-17)16-18-6-2-1-3-7-18/h1-8,12-13,17H,9-11,14-16H2,(H,23,25). The first kappa shape index (κ1) is 17.3. The number of hydrogen-bond donors (Lipinski definition) is 1. The summed E-state index contributed by atoms with van der Waals surface area (Å²) in [4.78, 5) is 18.3. The highest BCUT2D eigenvalue weighted by Gasteiger charge is 2.18. The minimum absolute atomic E-state index is 0.269. The van der Waals surface area contributed by atoms with E-state index < -0.39 is 0 Å². The number of benzene rings is 1. The van der Waals surface area contributed by atoms with E-state index in [1.165, 1.54) is 18.4 Å². The van der Waals surface area contributed by atoms with Crippen molar-refractivity contribution >= 4 is 12.1 Å². The van der Waals surface area contributed by atoms with Crippen LogP contribution in [0.4, 0.5) is 0 Å². The normalized spacial score (nSPS) is 16.2. The number of piperidine rings is 1. The van der Waals surface area contributed by atoms with Gasteiger partial charge in [-0.25, -0.2) is 5.43 Å². The van der Waals surface area contributed by atoms with E-state index in [0.29, 0.717) is 11.6 Å². The number of amides is 1. The molecule has 2 heterocycles. The lowest BCUT2D eigenvalue weighted by molar-refractivity contribution is 0.0950. The molecule has 5 heteroatoms. The quantitative estimate of drug-likeness (QED) is 0.651. The van der Waals surface area contributed by atoms with Gasteiger partial charge in [0, 0.05) is 19.0 Å². The Hall–Kier alpha value is -2.53. The van der Waals surface area contributed by atoms with Crippen molar-refractivity contribution in [2.45, 2.75) is 25.8 Å². The fourth-order valence-corrected chi connectivity index (χ4v) is 3.08. The highest BCUT2D eigenvalue weighted by Crippen LogP contribution is 2.20. The first-order chi connectivity index (χ1) is 12.3. The average Bonchev–Trinajstić information content (AvgIpc) is 2.68. The van der Waals surface area contributed by atoms with E-state index in [4.69, 9.17) is 0 Å². The molecule has 1 aliphatic rings. The second-order valence-electron chi connectivity index (χ2n) is 6.41. The molecule has 2 aromatic rings. The molecular formula is C20H24N4O. The summed E-state index contributed by atoms with van der Waals surface area (Å²) in [7, 11) is 0. The summed E-state index contributed by atoms with van der Waals surface area (Å²) in [5.41, 5.74) is 4.30. The van der Waals surface area contributed by atoms with E-state index in [1.807, 2.05) is 6.21 Å². The molecule has 0 spiro atoms. The van der Waals surface area contributed by atoms with Crippen LogP contribution in [-0.4, -0.2) is 35.1 Å². The van der Waals surface area contributed by atoms with Crippen LogP contribution in [-0.2, 0) is 6.54 Å². The summed E-state index contributed by atoms with van der Waals surface area (Å²) >= 11 is 0. The fraction of sp³-hybridized carbons (Fsp3) is 0.350. The number of carbonyl (C=O) groups is 1. The molecule has 0 atom stereocenters. The number of aromatic nitrogens is 1. The van der Waals surface area contributed by atoms with Gasteiger partial charge in [-0.2, -0.15) is 5.10 Å². The molecule has 0 radical (unpaired) electrons.